The van der Waals surface area contributed by atoms with Crippen molar-refractivity contribution in [2.45, 2.75) is 38.6 Å². The Morgan fingerprint density at radius 1 is 1.37 bits per heavy atom. The van der Waals surface area contributed by atoms with E-state index in [9.17, 15) is 0 Å². The molecule has 1 N–H and O–H groups in total. The Labute approximate surface area is 119 Å². The van der Waals surface area contributed by atoms with Crippen LogP contribution in [0.15, 0.2) is 0 Å². The van der Waals surface area contributed by atoms with Gasteiger partial charge in [0.05, 0.1) is 36.6 Å². The van der Waals surface area contributed by atoms with E-state index in [0.29, 0.717) is 19.3 Å². The van der Waals surface area contributed by atoms with Crippen molar-refractivity contribution in [2.24, 2.45) is 0 Å². The normalized spacial score (nSPS) is 18.5. The maximum atomic E-state index is 5.51. The van der Waals surface area contributed by atoms with Crippen LogP contribution in [0.1, 0.15) is 41.4 Å². The van der Waals surface area contributed by atoms with E-state index in [1.165, 1.54) is 34.8 Å². The number of thiazole rings is 1. The number of nitrogens with zero attached hydrogens (tertiary/aromatic N) is 1. The van der Waals surface area contributed by atoms with E-state index in [1.54, 1.807) is 7.11 Å². The molecule has 2 rings (SSSR count). The summed E-state index contributed by atoms with van der Waals surface area (Å²) in [5, 5.41) is 4.75. The molecule has 0 aliphatic heterocycles. The Morgan fingerprint density at radius 2 is 2.26 bits per heavy atom. The molecule has 1 aliphatic rings. The van der Waals surface area contributed by atoms with Crippen LogP contribution < -0.4 is 5.32 Å². The summed E-state index contributed by atoms with van der Waals surface area (Å²) in [6, 6.07) is 0.466. The lowest BCUT2D eigenvalue weighted by Gasteiger charge is -2.21. The minimum absolute atomic E-state index is 0.466. The number of aryl methyl sites for hydroxylation is 1. The van der Waals surface area contributed by atoms with Gasteiger partial charge >= 0.3 is 0 Å². The Morgan fingerprint density at radius 3 is 3.05 bits per heavy atom. The van der Waals surface area contributed by atoms with Gasteiger partial charge in [-0.15, -0.1) is 11.3 Å². The van der Waals surface area contributed by atoms with Crippen LogP contribution in [0.2, 0.25) is 0 Å². The van der Waals surface area contributed by atoms with Crippen LogP contribution in [-0.4, -0.2) is 38.5 Å². The number of methoxy groups -OCH3 is 1. The van der Waals surface area contributed by atoms with Crippen LogP contribution in [-0.2, 0) is 22.3 Å². The lowest BCUT2D eigenvalue weighted by atomic mass is 9.98. The van der Waals surface area contributed by atoms with Gasteiger partial charge in [-0.25, -0.2) is 4.98 Å². The second kappa shape index (κ2) is 7.94. The third-order valence-electron chi connectivity index (χ3n) is 3.34. The van der Waals surface area contributed by atoms with Crippen molar-refractivity contribution in [1.82, 2.24) is 10.3 Å². The molecule has 0 aromatic carbocycles. The minimum atomic E-state index is 0.466. The second-order valence-corrected chi connectivity index (χ2v) is 5.94. The number of rotatable bonds is 8. The van der Waals surface area contributed by atoms with E-state index in [2.05, 4.69) is 12.2 Å². The van der Waals surface area contributed by atoms with Gasteiger partial charge in [0.25, 0.3) is 0 Å². The molecule has 5 heteroatoms. The molecule has 0 fully saturated rings. The van der Waals surface area contributed by atoms with Crippen molar-refractivity contribution in [2.75, 3.05) is 33.5 Å². The number of ether oxygens (including phenoxy) is 2. The Kier molecular flexibility index (Phi) is 6.23. The number of nitrogens with one attached hydrogen (secondary N) is 1. The van der Waals surface area contributed by atoms with Gasteiger partial charge in [-0.05, 0) is 25.8 Å². The van der Waals surface area contributed by atoms with Crippen molar-refractivity contribution in [3.8, 4) is 0 Å². The highest BCUT2D eigenvalue weighted by Crippen LogP contribution is 2.33. The fraction of sp³-hybridized carbons (Fsp3) is 0.786. The van der Waals surface area contributed by atoms with Crippen LogP contribution in [0, 0.1) is 0 Å². The number of aromatic nitrogens is 1. The molecular formula is C14H24N2O2S. The van der Waals surface area contributed by atoms with Crippen molar-refractivity contribution in [3.05, 3.63) is 15.6 Å². The average Bonchev–Trinajstić information content (AvgIpc) is 2.83. The maximum Gasteiger partial charge on any atom is 0.0954 e. The first-order valence-electron chi connectivity index (χ1n) is 7.13. The van der Waals surface area contributed by atoms with Crippen LogP contribution in [0.25, 0.3) is 0 Å². The van der Waals surface area contributed by atoms with E-state index in [-0.39, 0.29) is 0 Å². The summed E-state index contributed by atoms with van der Waals surface area (Å²) in [6.45, 7) is 5.24. The van der Waals surface area contributed by atoms with Crippen LogP contribution in [0.3, 0.4) is 0 Å². The first-order chi connectivity index (χ1) is 9.35. The van der Waals surface area contributed by atoms with Crippen molar-refractivity contribution < 1.29 is 9.47 Å². The quantitative estimate of drug-likeness (QED) is 0.744. The Bertz CT molecular complexity index is 382. The molecule has 0 bridgehead atoms. The van der Waals surface area contributed by atoms with Gasteiger partial charge in [-0.3, -0.25) is 0 Å². The van der Waals surface area contributed by atoms with Gasteiger partial charge in [0, 0.05) is 18.4 Å². The molecule has 0 saturated heterocycles. The zero-order valence-corrected chi connectivity index (χ0v) is 12.7. The van der Waals surface area contributed by atoms with Gasteiger partial charge in [0.1, 0.15) is 0 Å². The fourth-order valence-corrected chi connectivity index (χ4v) is 3.58. The van der Waals surface area contributed by atoms with Crippen LogP contribution in [0.4, 0.5) is 0 Å². The number of fused-ring (bicyclic) bond motifs is 1. The zero-order valence-electron chi connectivity index (χ0n) is 11.9. The van der Waals surface area contributed by atoms with E-state index >= 15 is 0 Å². The van der Waals surface area contributed by atoms with Crippen molar-refractivity contribution in [3.63, 3.8) is 0 Å². The van der Waals surface area contributed by atoms with Gasteiger partial charge in [0.2, 0.25) is 0 Å². The van der Waals surface area contributed by atoms with Gasteiger partial charge in [-0.1, -0.05) is 6.92 Å². The second-order valence-electron chi connectivity index (χ2n) is 4.77. The predicted octanol–water partition coefficient (Wildman–Crippen LogP) is 2.34. The summed E-state index contributed by atoms with van der Waals surface area (Å²) in [5.41, 5.74) is 1.30. The number of hydrogen-bond donors (Lipinski definition) is 1. The maximum absolute atomic E-state index is 5.51. The summed E-state index contributed by atoms with van der Waals surface area (Å²) >= 11 is 1.87. The van der Waals surface area contributed by atoms with E-state index in [4.69, 9.17) is 14.5 Å². The Hall–Kier alpha value is -0.490. The van der Waals surface area contributed by atoms with Gasteiger partial charge < -0.3 is 14.8 Å². The van der Waals surface area contributed by atoms with Crippen LogP contribution >= 0.6 is 11.3 Å². The molecule has 4 nitrogen and oxygen atoms in total. The minimum Gasteiger partial charge on any atom is -0.382 e. The molecule has 1 aliphatic carbocycles. The molecule has 1 heterocycles. The largest absolute Gasteiger partial charge is 0.382 e. The standard InChI is InChI=1S/C14H24N2O2S/c1-3-15-11-5-4-6-12-14(11)16-13(19-12)7-8-18-10-9-17-2/h11,15H,3-10H2,1-2H3. The highest BCUT2D eigenvalue weighted by molar-refractivity contribution is 7.11. The lowest BCUT2D eigenvalue weighted by Crippen LogP contribution is -2.24. The predicted molar refractivity (Wildman–Crippen MR) is 77.9 cm³/mol. The van der Waals surface area contributed by atoms with Crippen LogP contribution in [0.5, 0.6) is 0 Å². The summed E-state index contributed by atoms with van der Waals surface area (Å²) in [7, 11) is 1.69. The van der Waals surface area contributed by atoms with E-state index in [1.807, 2.05) is 11.3 Å². The molecule has 1 atom stereocenters. The van der Waals surface area contributed by atoms with E-state index < -0.39 is 0 Å². The first kappa shape index (κ1) is 14.9. The molecular weight excluding hydrogens is 260 g/mol. The highest BCUT2D eigenvalue weighted by Gasteiger charge is 2.23. The lowest BCUT2D eigenvalue weighted by molar-refractivity contribution is 0.0722. The average molecular weight is 284 g/mol. The monoisotopic (exact) mass is 284 g/mol. The van der Waals surface area contributed by atoms with Gasteiger partial charge in [0.15, 0.2) is 0 Å². The van der Waals surface area contributed by atoms with Gasteiger partial charge in [-0.2, -0.15) is 0 Å². The number of hydrogen-bond acceptors (Lipinski definition) is 5. The highest BCUT2D eigenvalue weighted by atomic mass is 32.1. The molecule has 0 saturated carbocycles. The summed E-state index contributed by atoms with van der Waals surface area (Å²) in [5.74, 6) is 0. The first-order valence-corrected chi connectivity index (χ1v) is 7.95. The summed E-state index contributed by atoms with van der Waals surface area (Å²) < 4.78 is 10.5. The molecule has 0 radical (unpaired) electrons. The Balaban J connectivity index is 1.86. The van der Waals surface area contributed by atoms with Crippen molar-refractivity contribution in [1.29, 1.82) is 0 Å². The molecule has 1 aromatic heterocycles. The third kappa shape index (κ3) is 4.24. The van der Waals surface area contributed by atoms with Crippen molar-refractivity contribution >= 4 is 11.3 Å². The smallest absolute Gasteiger partial charge is 0.0954 e. The topological polar surface area (TPSA) is 43.4 Å². The molecule has 0 amide bonds. The summed E-state index contributed by atoms with van der Waals surface area (Å²) in [4.78, 5) is 6.29. The third-order valence-corrected chi connectivity index (χ3v) is 4.53. The SMILES string of the molecule is CCNC1CCCc2sc(CCOCCOC)nc21. The fourth-order valence-electron chi connectivity index (χ4n) is 2.42. The van der Waals surface area contributed by atoms with E-state index in [0.717, 1.165) is 19.6 Å². The molecule has 1 unspecified atom stereocenters. The zero-order chi connectivity index (χ0) is 13.5. The summed E-state index contributed by atoms with van der Waals surface area (Å²) in [6.07, 6.45) is 4.60. The molecule has 108 valence electrons. The molecule has 0 spiro atoms. The molecule has 19 heavy (non-hydrogen) atoms. The molecule has 1 aromatic rings.